The number of rotatable bonds is 5. The van der Waals surface area contributed by atoms with Gasteiger partial charge in [-0.05, 0) is 53.9 Å². The molecule has 18 heavy (non-hydrogen) atoms. The summed E-state index contributed by atoms with van der Waals surface area (Å²) in [5.41, 5.74) is -0.0479. The van der Waals surface area contributed by atoms with Crippen LogP contribution in [0, 0.1) is 0 Å². The van der Waals surface area contributed by atoms with Gasteiger partial charge in [0, 0.05) is 20.2 Å². The Morgan fingerprint density at radius 2 is 2.28 bits per heavy atom. The van der Waals surface area contributed by atoms with Crippen LogP contribution in [0.3, 0.4) is 0 Å². The molecule has 2 rings (SSSR count). The molecule has 2 nitrogen and oxygen atoms in total. The summed E-state index contributed by atoms with van der Waals surface area (Å²) in [4.78, 5) is 1.30. The minimum absolute atomic E-state index is 0.0479. The quantitative estimate of drug-likeness (QED) is 0.867. The average Bonchev–Trinajstić information content (AvgIpc) is 2.77. The Hall–Kier alpha value is -0.0300. The molecule has 1 aliphatic rings. The van der Waals surface area contributed by atoms with Crippen LogP contribution in [0.2, 0.25) is 0 Å². The minimum atomic E-state index is -0.0479. The molecular weight excluding hydrogens is 310 g/mol. The lowest BCUT2D eigenvalue weighted by molar-refractivity contribution is 0.167. The number of hydrogen-bond donors (Lipinski definition) is 2. The fourth-order valence-corrected chi connectivity index (χ4v) is 4.53. The lowest BCUT2D eigenvalue weighted by Gasteiger charge is -2.28. The summed E-state index contributed by atoms with van der Waals surface area (Å²) in [7, 11) is 0. The zero-order valence-corrected chi connectivity index (χ0v) is 13.1. The van der Waals surface area contributed by atoms with Crippen LogP contribution in [-0.4, -0.2) is 29.0 Å². The van der Waals surface area contributed by atoms with Crippen LogP contribution in [0.4, 0.5) is 0 Å². The maximum absolute atomic E-state index is 9.61. The molecule has 0 amide bonds. The lowest BCUT2D eigenvalue weighted by Crippen LogP contribution is -2.46. The molecule has 0 aromatic heterocycles. The summed E-state index contributed by atoms with van der Waals surface area (Å²) in [5.74, 6) is 0. The van der Waals surface area contributed by atoms with Gasteiger partial charge in [-0.25, -0.2) is 0 Å². The normalized spacial score (nSPS) is 27.6. The molecule has 0 aliphatic heterocycles. The first-order chi connectivity index (χ1) is 8.69. The van der Waals surface area contributed by atoms with Crippen molar-refractivity contribution >= 4 is 27.7 Å². The lowest BCUT2D eigenvalue weighted by atomic mass is 9.99. The Morgan fingerprint density at radius 3 is 2.94 bits per heavy atom. The molecule has 1 fully saturated rings. The van der Waals surface area contributed by atoms with E-state index in [9.17, 15) is 5.11 Å². The van der Waals surface area contributed by atoms with Gasteiger partial charge in [0.1, 0.15) is 0 Å². The van der Waals surface area contributed by atoms with Gasteiger partial charge in [-0.15, -0.1) is 11.8 Å². The van der Waals surface area contributed by atoms with Crippen LogP contribution in [0.1, 0.15) is 26.2 Å². The van der Waals surface area contributed by atoms with Crippen molar-refractivity contribution in [2.24, 2.45) is 0 Å². The summed E-state index contributed by atoms with van der Waals surface area (Å²) >= 11 is 5.52. The zero-order chi connectivity index (χ0) is 13.0. The summed E-state index contributed by atoms with van der Waals surface area (Å²) in [5, 5.41) is 13.7. The van der Waals surface area contributed by atoms with Gasteiger partial charge >= 0.3 is 0 Å². The minimum Gasteiger partial charge on any atom is -0.394 e. The number of nitrogens with one attached hydrogen (secondary N) is 1. The van der Waals surface area contributed by atoms with E-state index in [2.05, 4.69) is 46.4 Å². The molecule has 0 saturated heterocycles. The first-order valence-corrected chi connectivity index (χ1v) is 8.13. The second kappa shape index (κ2) is 6.42. The van der Waals surface area contributed by atoms with Crippen molar-refractivity contribution in [3.8, 4) is 0 Å². The number of likely N-dealkylation sites (N-methyl/N-ethyl adjacent to an activating group) is 1. The third-order valence-electron chi connectivity index (χ3n) is 3.55. The smallest absolute Gasteiger partial charge is 0.0613 e. The van der Waals surface area contributed by atoms with Gasteiger partial charge in [0.2, 0.25) is 0 Å². The second-order valence-electron chi connectivity index (χ2n) is 4.88. The summed E-state index contributed by atoms with van der Waals surface area (Å²) < 4.78 is 1.17. The Bertz CT molecular complexity index is 401. The number of benzene rings is 1. The van der Waals surface area contributed by atoms with Gasteiger partial charge in [0.05, 0.1) is 6.61 Å². The first-order valence-electron chi connectivity index (χ1n) is 6.46. The molecule has 1 saturated carbocycles. The Balaban J connectivity index is 1.99. The number of hydrogen-bond acceptors (Lipinski definition) is 3. The topological polar surface area (TPSA) is 32.3 Å². The molecule has 100 valence electrons. The molecular formula is C14H20BrNOS. The van der Waals surface area contributed by atoms with Crippen molar-refractivity contribution in [1.29, 1.82) is 0 Å². The standard InChI is InChI=1S/C14H20BrNOS/c1-2-16-14(10-17)8-7-11(9-14)18-13-6-4-3-5-12(13)15/h3-6,11,16-17H,2,7-10H2,1H3. The number of aliphatic hydroxyl groups excluding tert-OH is 1. The van der Waals surface area contributed by atoms with Gasteiger partial charge in [0.25, 0.3) is 0 Å². The molecule has 2 N–H and O–H groups in total. The van der Waals surface area contributed by atoms with Gasteiger partial charge in [0.15, 0.2) is 0 Å². The fourth-order valence-electron chi connectivity index (χ4n) is 2.63. The third-order valence-corrected chi connectivity index (χ3v) is 5.85. The van der Waals surface area contributed by atoms with Crippen molar-refractivity contribution in [3.05, 3.63) is 28.7 Å². The van der Waals surface area contributed by atoms with Gasteiger partial charge in [-0.2, -0.15) is 0 Å². The molecule has 0 spiro atoms. The second-order valence-corrected chi connectivity index (χ2v) is 7.08. The molecule has 2 unspecified atom stereocenters. The van der Waals surface area contributed by atoms with Crippen molar-refractivity contribution in [2.75, 3.05) is 13.2 Å². The van der Waals surface area contributed by atoms with Gasteiger partial charge < -0.3 is 10.4 Å². The van der Waals surface area contributed by atoms with Crippen LogP contribution in [0.5, 0.6) is 0 Å². The predicted molar refractivity (Wildman–Crippen MR) is 81.1 cm³/mol. The molecule has 1 aromatic carbocycles. The van der Waals surface area contributed by atoms with E-state index in [1.54, 1.807) is 0 Å². The first kappa shape index (κ1) is 14.4. The highest BCUT2D eigenvalue weighted by molar-refractivity contribution is 9.10. The molecule has 4 heteroatoms. The van der Waals surface area contributed by atoms with E-state index < -0.39 is 0 Å². The van der Waals surface area contributed by atoms with Gasteiger partial charge in [-0.3, -0.25) is 0 Å². The Labute approximate surface area is 122 Å². The summed E-state index contributed by atoms with van der Waals surface area (Å²) in [6.07, 6.45) is 3.28. The molecule has 0 radical (unpaired) electrons. The van der Waals surface area contributed by atoms with E-state index in [0.29, 0.717) is 5.25 Å². The highest BCUT2D eigenvalue weighted by atomic mass is 79.9. The van der Waals surface area contributed by atoms with Crippen molar-refractivity contribution < 1.29 is 5.11 Å². The van der Waals surface area contributed by atoms with E-state index in [-0.39, 0.29) is 12.1 Å². The van der Waals surface area contributed by atoms with Crippen LogP contribution in [0.15, 0.2) is 33.6 Å². The van der Waals surface area contributed by atoms with Crippen LogP contribution < -0.4 is 5.32 Å². The molecule has 0 heterocycles. The van der Waals surface area contributed by atoms with E-state index in [1.807, 2.05) is 17.8 Å². The number of thioether (sulfide) groups is 1. The zero-order valence-electron chi connectivity index (χ0n) is 10.7. The van der Waals surface area contributed by atoms with Gasteiger partial charge in [-0.1, -0.05) is 19.1 Å². The van der Waals surface area contributed by atoms with Crippen molar-refractivity contribution in [1.82, 2.24) is 5.32 Å². The maximum atomic E-state index is 9.61. The SMILES string of the molecule is CCNC1(CO)CCC(Sc2ccccc2Br)C1. The van der Waals surface area contributed by atoms with Crippen molar-refractivity contribution in [2.45, 2.75) is 41.9 Å². The van der Waals surface area contributed by atoms with Crippen LogP contribution in [0.25, 0.3) is 0 Å². The molecule has 1 aliphatic carbocycles. The number of aliphatic hydroxyl groups is 1. The fraction of sp³-hybridized carbons (Fsp3) is 0.571. The van der Waals surface area contributed by atoms with E-state index in [0.717, 1.165) is 19.4 Å². The Morgan fingerprint density at radius 1 is 1.50 bits per heavy atom. The highest BCUT2D eigenvalue weighted by Gasteiger charge is 2.38. The summed E-state index contributed by atoms with van der Waals surface area (Å²) in [6.45, 7) is 3.27. The molecule has 0 bridgehead atoms. The van der Waals surface area contributed by atoms with E-state index in [1.165, 1.54) is 15.8 Å². The monoisotopic (exact) mass is 329 g/mol. The maximum Gasteiger partial charge on any atom is 0.0613 e. The van der Waals surface area contributed by atoms with E-state index in [4.69, 9.17) is 0 Å². The van der Waals surface area contributed by atoms with Crippen molar-refractivity contribution in [3.63, 3.8) is 0 Å². The third kappa shape index (κ3) is 3.29. The predicted octanol–water partition coefficient (Wildman–Crippen LogP) is 3.43. The molecule has 1 aromatic rings. The summed E-state index contributed by atoms with van der Waals surface area (Å²) in [6, 6.07) is 8.35. The Kier molecular flexibility index (Phi) is 5.13. The van der Waals surface area contributed by atoms with Crippen LogP contribution in [-0.2, 0) is 0 Å². The largest absolute Gasteiger partial charge is 0.394 e. The number of halogens is 1. The molecule has 2 atom stereocenters. The highest BCUT2D eigenvalue weighted by Crippen LogP contribution is 2.41. The van der Waals surface area contributed by atoms with E-state index >= 15 is 0 Å². The van der Waals surface area contributed by atoms with Crippen LogP contribution >= 0.6 is 27.7 Å². The average molecular weight is 330 g/mol.